The number of nitrogens with one attached hydrogen (secondary N) is 2. The first kappa shape index (κ1) is 29.6. The van der Waals surface area contributed by atoms with Gasteiger partial charge in [-0.2, -0.15) is 13.2 Å². The van der Waals surface area contributed by atoms with Crippen LogP contribution in [0.1, 0.15) is 56.0 Å². The lowest BCUT2D eigenvalue weighted by Crippen LogP contribution is -2.28. The molecule has 0 saturated heterocycles. The summed E-state index contributed by atoms with van der Waals surface area (Å²) in [6.45, 7) is 4.93. The summed E-state index contributed by atoms with van der Waals surface area (Å²) in [6.07, 6.45) is -1.54. The Bertz CT molecular complexity index is 1450. The molecule has 0 bridgehead atoms. The zero-order chi connectivity index (χ0) is 29.9. The van der Waals surface area contributed by atoms with Crippen LogP contribution in [0.25, 0.3) is 11.1 Å². The van der Waals surface area contributed by atoms with Crippen LogP contribution in [0.5, 0.6) is 0 Å². The van der Waals surface area contributed by atoms with Crippen LogP contribution in [0.3, 0.4) is 0 Å². The quantitative estimate of drug-likeness (QED) is 0.226. The molecule has 3 aromatic rings. The van der Waals surface area contributed by atoms with E-state index in [1.54, 1.807) is 70.5 Å². The second-order valence-electron chi connectivity index (χ2n) is 10.9. The van der Waals surface area contributed by atoms with Crippen LogP contribution in [-0.4, -0.2) is 41.5 Å². The Hall–Kier alpha value is -4.41. The van der Waals surface area contributed by atoms with Gasteiger partial charge in [-0.3, -0.25) is 19.9 Å². The van der Waals surface area contributed by atoms with Crippen molar-refractivity contribution in [3.8, 4) is 11.1 Å². The Kier molecular flexibility index (Phi) is 8.37. The van der Waals surface area contributed by atoms with Crippen molar-refractivity contribution in [3.05, 3.63) is 72.1 Å². The number of carbonyl (C=O) groups is 3. The van der Waals surface area contributed by atoms with E-state index < -0.39 is 41.5 Å². The maximum absolute atomic E-state index is 14.1. The average Bonchev–Trinajstić information content (AvgIpc) is 3.73. The first-order chi connectivity index (χ1) is 19.2. The summed E-state index contributed by atoms with van der Waals surface area (Å²) in [7, 11) is 1.55. The zero-order valence-corrected chi connectivity index (χ0v) is 23.1. The summed E-state index contributed by atoms with van der Waals surface area (Å²) in [4.78, 5) is 44.0. The minimum absolute atomic E-state index is 0.0639. The molecule has 0 atom stereocenters. The van der Waals surface area contributed by atoms with E-state index in [1.807, 2.05) is 6.07 Å². The molecule has 0 spiro atoms. The molecule has 216 valence electrons. The van der Waals surface area contributed by atoms with Crippen molar-refractivity contribution in [2.75, 3.05) is 22.6 Å². The zero-order valence-electron chi connectivity index (χ0n) is 23.1. The number of carbonyl (C=O) groups excluding carboxylic acids is 3. The Morgan fingerprint density at radius 3 is 2.27 bits per heavy atom. The van der Waals surface area contributed by atoms with Gasteiger partial charge in [-0.25, -0.2) is 4.79 Å². The number of aromatic nitrogens is 1. The SMILES string of the molecule is CN(c1cc(NC(=O)OC(C)(C)C)c(NC(=O)CC(=O)c2cccc(-c3cccnc3)c2)cc1C(F)(F)F)C1CC1. The summed E-state index contributed by atoms with van der Waals surface area (Å²) in [6, 6.07) is 12.1. The largest absolute Gasteiger partial charge is 0.444 e. The third-order valence-electron chi connectivity index (χ3n) is 6.33. The van der Waals surface area contributed by atoms with Crippen molar-refractivity contribution in [3.63, 3.8) is 0 Å². The van der Waals surface area contributed by atoms with Gasteiger partial charge in [0.1, 0.15) is 5.60 Å². The minimum Gasteiger partial charge on any atom is -0.444 e. The number of benzene rings is 2. The van der Waals surface area contributed by atoms with Crippen LogP contribution in [0, 0.1) is 0 Å². The van der Waals surface area contributed by atoms with Crippen molar-refractivity contribution in [1.82, 2.24) is 4.98 Å². The number of nitrogens with zero attached hydrogens (tertiary/aromatic N) is 2. The van der Waals surface area contributed by atoms with Crippen LogP contribution in [0.15, 0.2) is 60.9 Å². The molecule has 41 heavy (non-hydrogen) atoms. The highest BCUT2D eigenvalue weighted by Gasteiger charge is 2.38. The predicted octanol–water partition coefficient (Wildman–Crippen LogP) is 6.92. The molecule has 1 fully saturated rings. The molecule has 1 aliphatic carbocycles. The maximum Gasteiger partial charge on any atom is 0.418 e. The number of anilines is 3. The van der Waals surface area contributed by atoms with Crippen molar-refractivity contribution in [2.45, 2.75) is 57.9 Å². The van der Waals surface area contributed by atoms with Gasteiger partial charge in [-0.1, -0.05) is 24.3 Å². The summed E-state index contributed by atoms with van der Waals surface area (Å²) in [5.74, 6) is -1.37. The smallest absolute Gasteiger partial charge is 0.418 e. The van der Waals surface area contributed by atoms with Gasteiger partial charge >= 0.3 is 12.3 Å². The van der Waals surface area contributed by atoms with Gasteiger partial charge in [0.2, 0.25) is 5.91 Å². The number of halogens is 3. The number of pyridine rings is 1. The van der Waals surface area contributed by atoms with Crippen LogP contribution in [0.4, 0.5) is 35.0 Å². The molecule has 0 aliphatic heterocycles. The standard InChI is InChI=1S/C30H31F3N4O4/c1-29(2,3)41-28(40)36-24-15-25(37(4)21-10-11-21)22(30(31,32)33)14-23(24)35-27(39)16-26(38)19-8-5-7-18(13-19)20-9-6-12-34-17-20/h5-9,12-15,17,21H,10-11,16H2,1-4H3,(H,35,39)(H,36,40). The van der Waals surface area contributed by atoms with Gasteiger partial charge in [0.05, 0.1) is 29.0 Å². The third-order valence-corrected chi connectivity index (χ3v) is 6.33. The van der Waals surface area contributed by atoms with Crippen molar-refractivity contribution >= 4 is 34.8 Å². The van der Waals surface area contributed by atoms with Crippen LogP contribution in [0.2, 0.25) is 0 Å². The van der Waals surface area contributed by atoms with Gasteiger partial charge in [-0.05, 0) is 63.4 Å². The van der Waals surface area contributed by atoms with E-state index in [9.17, 15) is 27.6 Å². The molecule has 8 nitrogen and oxygen atoms in total. The normalized spacial score (nSPS) is 13.3. The number of rotatable bonds is 8. The van der Waals surface area contributed by atoms with Crippen LogP contribution < -0.4 is 15.5 Å². The molecule has 0 radical (unpaired) electrons. The Morgan fingerprint density at radius 1 is 0.976 bits per heavy atom. The topological polar surface area (TPSA) is 101 Å². The van der Waals surface area contributed by atoms with Crippen LogP contribution >= 0.6 is 0 Å². The molecule has 1 aliphatic rings. The minimum atomic E-state index is -4.75. The van der Waals surface area contributed by atoms with Crippen molar-refractivity contribution in [2.24, 2.45) is 0 Å². The number of Topliss-reactive ketones (excluding diaryl/α,β-unsaturated/α-hetero) is 1. The van der Waals surface area contributed by atoms with Gasteiger partial charge in [0.15, 0.2) is 5.78 Å². The highest BCUT2D eigenvalue weighted by atomic mass is 19.4. The molecule has 11 heteroatoms. The van der Waals surface area contributed by atoms with Crippen molar-refractivity contribution in [1.29, 1.82) is 0 Å². The molecule has 1 heterocycles. The first-order valence-electron chi connectivity index (χ1n) is 13.0. The van der Waals surface area contributed by atoms with E-state index >= 15 is 0 Å². The fourth-order valence-electron chi connectivity index (χ4n) is 4.23. The molecule has 2 aromatic carbocycles. The molecule has 4 rings (SSSR count). The lowest BCUT2D eigenvalue weighted by molar-refractivity contribution is -0.137. The number of amides is 2. The number of ether oxygens (including phenoxy) is 1. The van der Waals surface area contributed by atoms with Gasteiger partial charge in [0.25, 0.3) is 0 Å². The van der Waals surface area contributed by atoms with Gasteiger partial charge in [-0.15, -0.1) is 0 Å². The van der Waals surface area contributed by atoms with E-state index in [0.29, 0.717) is 0 Å². The summed E-state index contributed by atoms with van der Waals surface area (Å²) >= 11 is 0. The molecular weight excluding hydrogens is 537 g/mol. The Labute approximate surface area is 235 Å². The number of alkyl halides is 3. The van der Waals surface area contributed by atoms with E-state index in [4.69, 9.17) is 4.74 Å². The fraction of sp³-hybridized carbons (Fsp3) is 0.333. The first-order valence-corrected chi connectivity index (χ1v) is 13.0. The third kappa shape index (κ3) is 7.84. The van der Waals surface area contributed by atoms with E-state index in [0.717, 1.165) is 30.0 Å². The maximum atomic E-state index is 14.1. The lowest BCUT2D eigenvalue weighted by atomic mass is 10.0. The molecular formula is C30H31F3N4O4. The van der Waals surface area contributed by atoms with Crippen LogP contribution in [-0.2, 0) is 15.7 Å². The Morgan fingerprint density at radius 2 is 1.66 bits per heavy atom. The molecule has 1 aromatic heterocycles. The monoisotopic (exact) mass is 568 g/mol. The van der Waals surface area contributed by atoms with E-state index in [2.05, 4.69) is 15.6 Å². The second-order valence-corrected chi connectivity index (χ2v) is 10.9. The highest BCUT2D eigenvalue weighted by Crippen LogP contribution is 2.44. The van der Waals surface area contributed by atoms with Crippen molar-refractivity contribution < 1.29 is 32.3 Å². The highest BCUT2D eigenvalue weighted by molar-refractivity contribution is 6.12. The lowest BCUT2D eigenvalue weighted by Gasteiger charge is -2.26. The summed E-state index contributed by atoms with van der Waals surface area (Å²) in [5, 5.41) is 4.85. The summed E-state index contributed by atoms with van der Waals surface area (Å²) < 4.78 is 47.6. The Balaban J connectivity index is 1.61. The fourth-order valence-corrected chi connectivity index (χ4v) is 4.23. The number of hydrogen-bond donors (Lipinski definition) is 2. The van der Waals surface area contributed by atoms with E-state index in [-0.39, 0.29) is 28.7 Å². The number of hydrogen-bond acceptors (Lipinski definition) is 6. The number of ketones is 1. The second kappa shape index (κ2) is 11.6. The molecule has 2 N–H and O–H groups in total. The molecule has 0 unspecified atom stereocenters. The predicted molar refractivity (Wildman–Crippen MR) is 150 cm³/mol. The van der Waals surface area contributed by atoms with E-state index in [1.165, 1.54) is 11.0 Å². The summed E-state index contributed by atoms with van der Waals surface area (Å²) in [5.41, 5.74) is -0.638. The molecule has 1 saturated carbocycles. The molecule has 2 amide bonds. The van der Waals surface area contributed by atoms with Gasteiger partial charge in [0, 0.05) is 36.6 Å². The average molecular weight is 569 g/mol. The van der Waals surface area contributed by atoms with Gasteiger partial charge < -0.3 is 15.0 Å².